The molecule has 8 aromatic heterocycles. The molecule has 4 N–H and O–H groups in total. The lowest BCUT2D eigenvalue weighted by molar-refractivity contribution is 0.426. The highest BCUT2D eigenvalue weighted by Gasteiger charge is 2.19. The van der Waals surface area contributed by atoms with E-state index in [0.717, 1.165) is 99.0 Å². The van der Waals surface area contributed by atoms with Crippen LogP contribution in [0.5, 0.6) is 0 Å². The van der Waals surface area contributed by atoms with Crippen LogP contribution in [0.25, 0.3) is 133 Å². The summed E-state index contributed by atoms with van der Waals surface area (Å²) in [5.41, 5.74) is 17.3. The predicted octanol–water partition coefficient (Wildman–Crippen LogP) is 15.5. The number of aromatic amines is 2. The first-order valence-electron chi connectivity index (χ1n) is 26.3. The summed E-state index contributed by atoms with van der Waals surface area (Å²) < 4.78 is 5.53. The molecule has 0 bridgehead atoms. The van der Waals surface area contributed by atoms with E-state index in [1.807, 2.05) is 91.4 Å². The lowest BCUT2D eigenvalue weighted by Crippen LogP contribution is -2.29. The van der Waals surface area contributed by atoms with Gasteiger partial charge < -0.3 is 29.2 Å². The molecule has 0 atom stereocenters. The molecule has 12 heteroatoms. The maximum Gasteiger partial charge on any atom is 0.488 e. The minimum atomic E-state index is -1.46. The van der Waals surface area contributed by atoms with Crippen LogP contribution in [0.3, 0.4) is 0 Å². The van der Waals surface area contributed by atoms with Gasteiger partial charge in [-0.25, -0.2) is 0 Å². The van der Waals surface area contributed by atoms with E-state index in [4.69, 9.17) is 9.97 Å². The summed E-state index contributed by atoms with van der Waals surface area (Å²) in [6.07, 6.45) is 7.37. The molecular formula is C68H46BBrN8O2. The van der Waals surface area contributed by atoms with Crippen LogP contribution in [0.15, 0.2) is 260 Å². The molecule has 8 heterocycles. The highest BCUT2D eigenvalue weighted by molar-refractivity contribution is 9.10. The molecule has 0 fully saturated rings. The molecule has 80 heavy (non-hydrogen) atoms. The molecule has 0 radical (unpaired) electrons. The summed E-state index contributed by atoms with van der Waals surface area (Å²) in [6, 6.07) is 78.6. The Hall–Kier alpha value is -9.98. The summed E-state index contributed by atoms with van der Waals surface area (Å²) in [5.74, 6) is 0. The van der Waals surface area contributed by atoms with Crippen LogP contribution < -0.4 is 5.46 Å². The monoisotopic (exact) mass is 1100 g/mol. The predicted molar refractivity (Wildman–Crippen MR) is 332 cm³/mol. The van der Waals surface area contributed by atoms with E-state index in [1.165, 1.54) is 38.0 Å². The van der Waals surface area contributed by atoms with E-state index < -0.39 is 7.12 Å². The third-order valence-corrected chi connectivity index (χ3v) is 15.3. The number of hydrogen-bond donors (Lipinski definition) is 4. The van der Waals surface area contributed by atoms with E-state index >= 15 is 0 Å². The van der Waals surface area contributed by atoms with Crippen LogP contribution in [-0.4, -0.2) is 56.2 Å². The van der Waals surface area contributed by atoms with E-state index in [0.29, 0.717) is 5.46 Å². The molecule has 380 valence electrons. The van der Waals surface area contributed by atoms with Gasteiger partial charge in [-0.3, -0.25) is 19.9 Å². The van der Waals surface area contributed by atoms with Crippen LogP contribution in [-0.2, 0) is 0 Å². The SMILES string of the molecule is Brc1ccnc(-c2nccc3c2[nH]c2ccccc23)c1.OB(O)c1ccc2c(c1)c1ccccc1n2-c1ccccc1.c1ccc(-n2c3ccccc3c3cc(-c4ccnc(-c5nccc6c5[nH]c5ccccc56)c4)ccc32)cc1. The van der Waals surface area contributed by atoms with Crippen molar-refractivity contribution in [3.63, 3.8) is 0 Å². The minimum absolute atomic E-state index is 0.503. The summed E-state index contributed by atoms with van der Waals surface area (Å²) in [7, 11) is -1.46. The fourth-order valence-electron chi connectivity index (χ4n) is 11.2. The summed E-state index contributed by atoms with van der Waals surface area (Å²) in [5, 5.41) is 28.2. The second-order valence-corrected chi connectivity index (χ2v) is 20.5. The topological polar surface area (TPSA) is 133 Å². The van der Waals surface area contributed by atoms with Crippen molar-refractivity contribution in [2.45, 2.75) is 0 Å². The number of rotatable bonds is 6. The number of hydrogen-bond acceptors (Lipinski definition) is 6. The van der Waals surface area contributed by atoms with Crippen molar-refractivity contribution >= 4 is 116 Å². The molecule has 16 rings (SSSR count). The number of nitrogens with one attached hydrogen (secondary N) is 2. The van der Waals surface area contributed by atoms with E-state index in [1.54, 1.807) is 12.3 Å². The Morgan fingerprint density at radius 1 is 0.350 bits per heavy atom. The van der Waals surface area contributed by atoms with Gasteiger partial charge in [0.15, 0.2) is 0 Å². The molecular weight excluding hydrogens is 1050 g/mol. The molecule has 0 unspecified atom stereocenters. The number of pyridine rings is 4. The highest BCUT2D eigenvalue weighted by atomic mass is 79.9. The van der Waals surface area contributed by atoms with Gasteiger partial charge in [0.1, 0.15) is 11.4 Å². The second kappa shape index (κ2) is 20.4. The number of benzene rings is 8. The molecule has 0 saturated carbocycles. The first kappa shape index (κ1) is 48.4. The zero-order valence-corrected chi connectivity index (χ0v) is 44.4. The fraction of sp³-hybridized carbons (Fsp3) is 0. The zero-order valence-electron chi connectivity index (χ0n) is 42.8. The maximum atomic E-state index is 9.43. The highest BCUT2D eigenvalue weighted by Crippen LogP contribution is 2.38. The van der Waals surface area contributed by atoms with Gasteiger partial charge in [-0.1, -0.05) is 143 Å². The van der Waals surface area contributed by atoms with Crippen molar-refractivity contribution in [3.8, 4) is 45.3 Å². The number of aromatic nitrogens is 8. The first-order chi connectivity index (χ1) is 39.4. The Balaban J connectivity index is 0.000000117. The number of para-hydroxylation sites is 6. The minimum Gasteiger partial charge on any atom is -0.423 e. The molecule has 0 aliphatic carbocycles. The van der Waals surface area contributed by atoms with Gasteiger partial charge in [-0.2, -0.15) is 0 Å². The third kappa shape index (κ3) is 8.64. The normalized spacial score (nSPS) is 11.4. The largest absolute Gasteiger partial charge is 0.488 e. The summed E-state index contributed by atoms with van der Waals surface area (Å²) in [4.78, 5) is 25.4. The molecule has 0 amide bonds. The average Bonchev–Trinajstić information content (AvgIpc) is 4.45. The lowest BCUT2D eigenvalue weighted by Gasteiger charge is -2.09. The second-order valence-electron chi connectivity index (χ2n) is 19.6. The zero-order chi connectivity index (χ0) is 53.7. The third-order valence-electron chi connectivity index (χ3n) is 14.9. The summed E-state index contributed by atoms with van der Waals surface area (Å²) in [6.45, 7) is 0. The van der Waals surface area contributed by atoms with E-state index in [2.05, 4.69) is 197 Å². The van der Waals surface area contributed by atoms with Crippen LogP contribution >= 0.6 is 15.9 Å². The van der Waals surface area contributed by atoms with Crippen molar-refractivity contribution in [2.75, 3.05) is 0 Å². The van der Waals surface area contributed by atoms with Crippen LogP contribution in [0.1, 0.15) is 0 Å². The number of H-pyrrole nitrogens is 2. The van der Waals surface area contributed by atoms with Crippen molar-refractivity contribution in [1.29, 1.82) is 0 Å². The molecule has 0 aliphatic heterocycles. The Morgan fingerprint density at radius 2 is 0.787 bits per heavy atom. The van der Waals surface area contributed by atoms with Crippen LogP contribution in [0.4, 0.5) is 0 Å². The van der Waals surface area contributed by atoms with Crippen molar-refractivity contribution in [1.82, 2.24) is 39.0 Å². The van der Waals surface area contributed by atoms with Crippen LogP contribution in [0, 0.1) is 0 Å². The van der Waals surface area contributed by atoms with Gasteiger partial charge in [0, 0.05) is 94.8 Å². The van der Waals surface area contributed by atoms with Gasteiger partial charge in [0.25, 0.3) is 0 Å². The first-order valence-corrected chi connectivity index (χ1v) is 27.1. The molecule has 0 aliphatic rings. The number of halogens is 1. The van der Waals surface area contributed by atoms with Gasteiger partial charge in [-0.15, -0.1) is 0 Å². The standard InChI is InChI=1S/C34H22N4.C18H14BNO2.C16H10BrN3/c1-2-8-24(9-3-1)38-31-13-7-5-11-26(31)28-20-22(14-15-32(28)38)23-16-18-35-30(21-23)34-33-27(17-19-36-34)25-10-4-6-12-29(25)37-33;21-19(22)13-10-11-18-16(12-13)15-8-4-5-9-17(15)20(18)14-6-2-1-3-7-14;17-10-5-7-18-14(9-10)16-15-12(6-8-19-16)11-3-1-2-4-13(11)20-15/h1-21,37H;1-12,21-22H;1-9,20H. The Kier molecular flexibility index (Phi) is 12.4. The molecule has 10 nitrogen and oxygen atoms in total. The lowest BCUT2D eigenvalue weighted by atomic mass is 9.80. The summed E-state index contributed by atoms with van der Waals surface area (Å²) >= 11 is 3.48. The van der Waals surface area contributed by atoms with Gasteiger partial charge in [0.05, 0.1) is 44.5 Å². The van der Waals surface area contributed by atoms with Gasteiger partial charge in [-0.05, 0) is 120 Å². The molecule has 16 aromatic rings. The molecule has 0 saturated heterocycles. The Bertz CT molecular complexity index is 4970. The van der Waals surface area contributed by atoms with Crippen molar-refractivity contribution in [3.05, 3.63) is 260 Å². The van der Waals surface area contributed by atoms with Gasteiger partial charge >= 0.3 is 7.12 Å². The van der Waals surface area contributed by atoms with E-state index in [-0.39, 0.29) is 0 Å². The Morgan fingerprint density at radius 3 is 1.34 bits per heavy atom. The quantitative estimate of drug-likeness (QED) is 0.123. The van der Waals surface area contributed by atoms with Crippen molar-refractivity contribution < 1.29 is 10.0 Å². The number of nitrogens with zero attached hydrogens (tertiary/aromatic N) is 6. The fourth-order valence-corrected chi connectivity index (χ4v) is 11.6. The van der Waals surface area contributed by atoms with E-state index in [9.17, 15) is 10.0 Å². The Labute approximate surface area is 467 Å². The van der Waals surface area contributed by atoms with Gasteiger partial charge in [0.2, 0.25) is 0 Å². The molecule has 8 aromatic carbocycles. The van der Waals surface area contributed by atoms with Crippen molar-refractivity contribution in [2.24, 2.45) is 0 Å². The van der Waals surface area contributed by atoms with Crippen LogP contribution in [0.2, 0.25) is 0 Å². The molecule has 0 spiro atoms. The smallest absolute Gasteiger partial charge is 0.423 e. The maximum absolute atomic E-state index is 9.43. The average molecular weight is 1100 g/mol. The number of fused-ring (bicyclic) bond motifs is 12.